The maximum Gasteiger partial charge on any atom is 0.0189 e. The largest absolute Gasteiger partial charge is 0.312 e. The molecule has 0 spiro atoms. The summed E-state index contributed by atoms with van der Waals surface area (Å²) < 4.78 is 0. The molecule has 0 saturated carbocycles. The van der Waals surface area contributed by atoms with Gasteiger partial charge in [-0.15, -0.1) is 0 Å². The fourth-order valence-corrected chi connectivity index (χ4v) is 1.70. The van der Waals surface area contributed by atoms with Gasteiger partial charge in [-0.2, -0.15) is 0 Å². The van der Waals surface area contributed by atoms with Crippen molar-refractivity contribution in [2.24, 2.45) is 0 Å². The van der Waals surface area contributed by atoms with Crippen LogP contribution in [-0.2, 0) is 0 Å². The van der Waals surface area contributed by atoms with Gasteiger partial charge in [0, 0.05) is 18.6 Å². The third kappa shape index (κ3) is 6.91. The molecule has 0 rings (SSSR count). The quantitative estimate of drug-likeness (QED) is 0.635. The molecule has 0 aliphatic heterocycles. The molecule has 1 N–H and O–H groups in total. The Morgan fingerprint density at radius 1 is 1.13 bits per heavy atom. The lowest BCUT2D eigenvalue weighted by Crippen LogP contribution is -2.41. The third-order valence-corrected chi connectivity index (χ3v) is 3.30. The topological polar surface area (TPSA) is 15.3 Å². The van der Waals surface area contributed by atoms with Crippen LogP contribution in [0.3, 0.4) is 0 Å². The third-order valence-electron chi connectivity index (χ3n) is 3.30. The molecule has 1 atom stereocenters. The van der Waals surface area contributed by atoms with Crippen molar-refractivity contribution in [2.75, 3.05) is 20.1 Å². The molecule has 0 aromatic heterocycles. The number of nitrogens with zero attached hydrogens (tertiary/aromatic N) is 1. The molecular formula is C13H30N2. The Morgan fingerprint density at radius 2 is 1.73 bits per heavy atom. The molecule has 0 aliphatic rings. The molecule has 0 heterocycles. The Bertz CT molecular complexity index is 132. The standard InChI is InChI=1S/C13H30N2/c1-6-9-10-15(5)12(4)11-14-13(7-2)8-3/h12-14H,6-11H2,1-5H3. The van der Waals surface area contributed by atoms with Crippen LogP contribution in [0.15, 0.2) is 0 Å². The summed E-state index contributed by atoms with van der Waals surface area (Å²) in [6, 6.07) is 1.35. The minimum Gasteiger partial charge on any atom is -0.312 e. The van der Waals surface area contributed by atoms with Crippen LogP contribution in [0.1, 0.15) is 53.4 Å². The lowest BCUT2D eigenvalue weighted by Gasteiger charge is -2.26. The first kappa shape index (κ1) is 14.9. The van der Waals surface area contributed by atoms with E-state index in [1.807, 2.05) is 0 Å². The van der Waals surface area contributed by atoms with Gasteiger partial charge < -0.3 is 10.2 Å². The van der Waals surface area contributed by atoms with Gasteiger partial charge >= 0.3 is 0 Å². The number of hydrogen-bond donors (Lipinski definition) is 1. The fraction of sp³-hybridized carbons (Fsp3) is 1.00. The van der Waals surface area contributed by atoms with Gasteiger partial charge in [0.1, 0.15) is 0 Å². The van der Waals surface area contributed by atoms with Crippen LogP contribution in [0.4, 0.5) is 0 Å². The maximum absolute atomic E-state index is 3.63. The molecule has 1 unspecified atom stereocenters. The molecule has 0 amide bonds. The Kier molecular flexibility index (Phi) is 9.12. The molecule has 0 radical (unpaired) electrons. The van der Waals surface area contributed by atoms with Crippen LogP contribution in [0.2, 0.25) is 0 Å². The first-order valence-corrected chi connectivity index (χ1v) is 6.59. The summed E-state index contributed by atoms with van der Waals surface area (Å²) in [6.07, 6.45) is 5.08. The molecule has 0 bridgehead atoms. The second-order valence-electron chi connectivity index (χ2n) is 4.60. The minimum atomic E-state index is 0.650. The summed E-state index contributed by atoms with van der Waals surface area (Å²) >= 11 is 0. The summed E-state index contributed by atoms with van der Waals surface area (Å²) in [7, 11) is 2.23. The predicted molar refractivity (Wildman–Crippen MR) is 69.4 cm³/mol. The van der Waals surface area contributed by atoms with E-state index in [1.165, 1.54) is 32.2 Å². The van der Waals surface area contributed by atoms with E-state index in [0.29, 0.717) is 12.1 Å². The predicted octanol–water partition coefficient (Wildman–Crippen LogP) is 2.89. The van der Waals surface area contributed by atoms with Crippen LogP contribution >= 0.6 is 0 Å². The van der Waals surface area contributed by atoms with E-state index >= 15 is 0 Å². The van der Waals surface area contributed by atoms with Gasteiger partial charge in [-0.05, 0) is 39.8 Å². The van der Waals surface area contributed by atoms with Crippen LogP contribution < -0.4 is 5.32 Å². The lowest BCUT2D eigenvalue weighted by atomic mass is 10.1. The second kappa shape index (κ2) is 9.17. The summed E-state index contributed by atoms with van der Waals surface area (Å²) in [4.78, 5) is 2.46. The van der Waals surface area contributed by atoms with Gasteiger partial charge in [-0.3, -0.25) is 0 Å². The Balaban J connectivity index is 3.66. The van der Waals surface area contributed by atoms with Crippen LogP contribution in [0, 0.1) is 0 Å². The van der Waals surface area contributed by atoms with Crippen molar-refractivity contribution in [3.63, 3.8) is 0 Å². The average Bonchev–Trinajstić information content (AvgIpc) is 2.26. The van der Waals surface area contributed by atoms with E-state index in [4.69, 9.17) is 0 Å². The highest BCUT2D eigenvalue weighted by Crippen LogP contribution is 2.00. The smallest absolute Gasteiger partial charge is 0.0189 e. The minimum absolute atomic E-state index is 0.650. The van der Waals surface area contributed by atoms with Gasteiger partial charge in [-0.1, -0.05) is 27.2 Å². The van der Waals surface area contributed by atoms with Crippen LogP contribution in [-0.4, -0.2) is 37.1 Å². The Morgan fingerprint density at radius 3 is 2.20 bits per heavy atom. The van der Waals surface area contributed by atoms with E-state index in [1.54, 1.807) is 0 Å². The van der Waals surface area contributed by atoms with Crippen molar-refractivity contribution < 1.29 is 0 Å². The summed E-state index contributed by atoms with van der Waals surface area (Å²) in [5, 5.41) is 3.63. The van der Waals surface area contributed by atoms with Crippen LogP contribution in [0.5, 0.6) is 0 Å². The van der Waals surface area contributed by atoms with Crippen molar-refractivity contribution in [3.8, 4) is 0 Å². The van der Waals surface area contributed by atoms with E-state index < -0.39 is 0 Å². The van der Waals surface area contributed by atoms with E-state index in [-0.39, 0.29) is 0 Å². The Labute approximate surface area is 96.4 Å². The number of unbranched alkanes of at least 4 members (excludes halogenated alkanes) is 1. The normalized spacial score (nSPS) is 13.8. The zero-order valence-corrected chi connectivity index (χ0v) is 11.3. The van der Waals surface area contributed by atoms with Crippen molar-refractivity contribution in [1.82, 2.24) is 10.2 Å². The SMILES string of the molecule is CCCCN(C)C(C)CNC(CC)CC. The number of rotatable bonds is 9. The molecule has 0 fully saturated rings. The van der Waals surface area contributed by atoms with E-state index in [2.05, 4.69) is 45.0 Å². The highest BCUT2D eigenvalue weighted by Gasteiger charge is 2.10. The number of likely N-dealkylation sites (N-methyl/N-ethyl adjacent to an activating group) is 1. The fourth-order valence-electron chi connectivity index (χ4n) is 1.70. The lowest BCUT2D eigenvalue weighted by molar-refractivity contribution is 0.240. The van der Waals surface area contributed by atoms with Gasteiger partial charge in [0.2, 0.25) is 0 Å². The molecule has 0 aromatic rings. The highest BCUT2D eigenvalue weighted by atomic mass is 15.1. The van der Waals surface area contributed by atoms with Gasteiger partial charge in [0.15, 0.2) is 0 Å². The Hall–Kier alpha value is -0.0800. The number of nitrogens with one attached hydrogen (secondary N) is 1. The van der Waals surface area contributed by atoms with Crippen molar-refractivity contribution in [2.45, 2.75) is 65.5 Å². The van der Waals surface area contributed by atoms with Crippen molar-refractivity contribution >= 4 is 0 Å². The van der Waals surface area contributed by atoms with Crippen molar-refractivity contribution in [3.05, 3.63) is 0 Å². The monoisotopic (exact) mass is 214 g/mol. The number of hydrogen-bond acceptors (Lipinski definition) is 2. The van der Waals surface area contributed by atoms with E-state index in [0.717, 1.165) is 6.54 Å². The van der Waals surface area contributed by atoms with Gasteiger partial charge in [0.05, 0.1) is 0 Å². The first-order chi connectivity index (χ1) is 7.15. The molecule has 0 aliphatic carbocycles. The highest BCUT2D eigenvalue weighted by molar-refractivity contribution is 4.70. The first-order valence-electron chi connectivity index (χ1n) is 6.59. The van der Waals surface area contributed by atoms with Crippen molar-refractivity contribution in [1.29, 1.82) is 0 Å². The zero-order chi connectivity index (χ0) is 11.7. The molecule has 0 aromatic carbocycles. The summed E-state index contributed by atoms with van der Waals surface area (Å²) in [6.45, 7) is 11.4. The molecule has 2 nitrogen and oxygen atoms in total. The van der Waals surface area contributed by atoms with Gasteiger partial charge in [0.25, 0.3) is 0 Å². The van der Waals surface area contributed by atoms with Crippen LogP contribution in [0.25, 0.3) is 0 Å². The maximum atomic E-state index is 3.63. The van der Waals surface area contributed by atoms with E-state index in [9.17, 15) is 0 Å². The molecule has 2 heteroatoms. The zero-order valence-electron chi connectivity index (χ0n) is 11.3. The molecular weight excluding hydrogens is 184 g/mol. The summed E-state index contributed by atoms with van der Waals surface area (Å²) in [5.74, 6) is 0. The van der Waals surface area contributed by atoms with Gasteiger partial charge in [-0.25, -0.2) is 0 Å². The summed E-state index contributed by atoms with van der Waals surface area (Å²) in [5.41, 5.74) is 0. The molecule has 0 saturated heterocycles. The molecule has 15 heavy (non-hydrogen) atoms. The average molecular weight is 214 g/mol. The second-order valence-corrected chi connectivity index (χ2v) is 4.60. The molecule has 92 valence electrons.